The summed E-state index contributed by atoms with van der Waals surface area (Å²) in [6.07, 6.45) is 0. The Hall–Kier alpha value is -1.06. The molecule has 0 aromatic heterocycles. The van der Waals surface area contributed by atoms with Crippen LogP contribution in [0.5, 0.6) is 5.75 Å². The average Bonchev–Trinajstić information content (AvgIpc) is 2.24. The molecule has 0 heterocycles. The predicted octanol–water partition coefficient (Wildman–Crippen LogP) is 1.66. The van der Waals surface area contributed by atoms with Crippen LogP contribution in [-0.4, -0.2) is 13.2 Å². The first kappa shape index (κ1) is 12.0. The largest absolute Gasteiger partial charge is 0.494 e. The van der Waals surface area contributed by atoms with E-state index < -0.39 is 0 Å². The van der Waals surface area contributed by atoms with Crippen molar-refractivity contribution in [1.82, 2.24) is 0 Å². The Morgan fingerprint density at radius 3 is 2.47 bits per heavy atom. The van der Waals surface area contributed by atoms with E-state index in [0.717, 1.165) is 16.9 Å². The molecule has 0 aliphatic rings. The molecule has 0 aliphatic carbocycles. The van der Waals surface area contributed by atoms with Gasteiger partial charge in [-0.25, -0.2) is 0 Å². The summed E-state index contributed by atoms with van der Waals surface area (Å²) in [5.74, 6) is 0.933. The predicted molar refractivity (Wildman–Crippen MR) is 63.1 cm³/mol. The van der Waals surface area contributed by atoms with Crippen molar-refractivity contribution in [2.24, 2.45) is 11.5 Å². The maximum Gasteiger partial charge on any atom is 0.122 e. The van der Waals surface area contributed by atoms with Crippen molar-refractivity contribution >= 4 is 0 Å². The summed E-state index contributed by atoms with van der Waals surface area (Å²) in [7, 11) is 0. The zero-order chi connectivity index (χ0) is 11.4. The van der Waals surface area contributed by atoms with Crippen LogP contribution in [0.2, 0.25) is 0 Å². The smallest absolute Gasteiger partial charge is 0.122 e. The van der Waals surface area contributed by atoms with E-state index in [0.29, 0.717) is 13.2 Å². The number of ether oxygens (including phenoxy) is 1. The highest BCUT2D eigenvalue weighted by atomic mass is 16.5. The second-order valence-corrected chi connectivity index (χ2v) is 3.68. The molecule has 4 N–H and O–H groups in total. The van der Waals surface area contributed by atoms with E-state index in [1.54, 1.807) is 0 Å². The highest BCUT2D eigenvalue weighted by Crippen LogP contribution is 2.26. The third-order valence-electron chi connectivity index (χ3n) is 2.73. The van der Waals surface area contributed by atoms with Gasteiger partial charge in [0.2, 0.25) is 0 Å². The molecule has 0 spiro atoms. The minimum atomic E-state index is -0.0839. The molecule has 0 saturated carbocycles. The number of hydrogen-bond donors (Lipinski definition) is 2. The first-order chi connectivity index (χ1) is 7.11. The van der Waals surface area contributed by atoms with Crippen LogP contribution in [0.25, 0.3) is 0 Å². The van der Waals surface area contributed by atoms with Gasteiger partial charge in [-0.1, -0.05) is 6.07 Å². The van der Waals surface area contributed by atoms with Crippen LogP contribution < -0.4 is 16.2 Å². The third-order valence-corrected chi connectivity index (χ3v) is 2.73. The highest BCUT2D eigenvalue weighted by Gasteiger charge is 2.11. The van der Waals surface area contributed by atoms with Crippen molar-refractivity contribution in [3.8, 4) is 5.75 Å². The van der Waals surface area contributed by atoms with E-state index in [-0.39, 0.29) is 6.04 Å². The Bertz CT molecular complexity index is 337. The summed E-state index contributed by atoms with van der Waals surface area (Å²) >= 11 is 0. The minimum Gasteiger partial charge on any atom is -0.494 e. The molecule has 84 valence electrons. The third kappa shape index (κ3) is 2.49. The first-order valence-corrected chi connectivity index (χ1v) is 5.30. The van der Waals surface area contributed by atoms with Crippen molar-refractivity contribution in [2.75, 3.05) is 13.2 Å². The number of benzene rings is 1. The molecule has 0 bridgehead atoms. The lowest BCUT2D eigenvalue weighted by Gasteiger charge is -2.17. The van der Waals surface area contributed by atoms with Crippen LogP contribution >= 0.6 is 0 Å². The lowest BCUT2D eigenvalue weighted by molar-refractivity contribution is 0.337. The first-order valence-electron chi connectivity index (χ1n) is 5.30. The Labute approximate surface area is 91.4 Å². The quantitative estimate of drug-likeness (QED) is 0.791. The zero-order valence-corrected chi connectivity index (χ0v) is 9.71. The lowest BCUT2D eigenvalue weighted by Crippen LogP contribution is -2.22. The zero-order valence-electron chi connectivity index (χ0n) is 9.71. The van der Waals surface area contributed by atoms with E-state index in [1.165, 1.54) is 5.56 Å². The Kier molecular flexibility index (Phi) is 4.12. The molecule has 1 aromatic carbocycles. The fourth-order valence-corrected chi connectivity index (χ4v) is 1.66. The summed E-state index contributed by atoms with van der Waals surface area (Å²) in [4.78, 5) is 0. The van der Waals surface area contributed by atoms with E-state index in [4.69, 9.17) is 16.2 Å². The second kappa shape index (κ2) is 5.14. The fraction of sp³-hybridized carbons (Fsp3) is 0.500. The molecule has 0 saturated heterocycles. The molecule has 1 atom stereocenters. The number of hydrogen-bond acceptors (Lipinski definition) is 3. The highest BCUT2D eigenvalue weighted by molar-refractivity contribution is 5.44. The standard InChI is InChI=1S/C12H20N2O/c1-4-15-12-6-5-10(11(14)7-13)8(2)9(12)3/h5-6,11H,4,7,13-14H2,1-3H3. The van der Waals surface area contributed by atoms with Gasteiger partial charge >= 0.3 is 0 Å². The van der Waals surface area contributed by atoms with Gasteiger partial charge in [-0.2, -0.15) is 0 Å². The van der Waals surface area contributed by atoms with Crippen molar-refractivity contribution in [2.45, 2.75) is 26.8 Å². The Morgan fingerprint density at radius 1 is 1.27 bits per heavy atom. The van der Waals surface area contributed by atoms with Gasteiger partial charge in [-0.3, -0.25) is 0 Å². The van der Waals surface area contributed by atoms with Crippen LogP contribution in [0, 0.1) is 13.8 Å². The molecule has 1 rings (SSSR count). The Morgan fingerprint density at radius 2 is 1.93 bits per heavy atom. The van der Waals surface area contributed by atoms with Gasteiger partial charge in [0.25, 0.3) is 0 Å². The van der Waals surface area contributed by atoms with Crippen LogP contribution in [0.15, 0.2) is 12.1 Å². The summed E-state index contributed by atoms with van der Waals surface area (Å²) in [5.41, 5.74) is 14.9. The molecule has 0 amide bonds. The maximum absolute atomic E-state index is 5.92. The second-order valence-electron chi connectivity index (χ2n) is 3.68. The molecule has 3 heteroatoms. The lowest BCUT2D eigenvalue weighted by atomic mass is 9.97. The summed E-state index contributed by atoms with van der Waals surface area (Å²) < 4.78 is 5.51. The SMILES string of the molecule is CCOc1ccc(C(N)CN)c(C)c1C. The van der Waals surface area contributed by atoms with Gasteiger partial charge in [0.15, 0.2) is 0 Å². The van der Waals surface area contributed by atoms with Crippen LogP contribution in [0.1, 0.15) is 29.7 Å². The van der Waals surface area contributed by atoms with E-state index in [2.05, 4.69) is 6.92 Å². The molecular formula is C12H20N2O. The van der Waals surface area contributed by atoms with Gasteiger partial charge in [-0.15, -0.1) is 0 Å². The molecular weight excluding hydrogens is 188 g/mol. The summed E-state index contributed by atoms with van der Waals surface area (Å²) in [6, 6.07) is 3.89. The van der Waals surface area contributed by atoms with Gasteiger partial charge < -0.3 is 16.2 Å². The van der Waals surface area contributed by atoms with Gasteiger partial charge in [0.1, 0.15) is 5.75 Å². The minimum absolute atomic E-state index is 0.0839. The fourth-order valence-electron chi connectivity index (χ4n) is 1.66. The molecule has 15 heavy (non-hydrogen) atoms. The normalized spacial score (nSPS) is 12.6. The maximum atomic E-state index is 5.92. The van der Waals surface area contributed by atoms with E-state index >= 15 is 0 Å². The van der Waals surface area contributed by atoms with E-state index in [9.17, 15) is 0 Å². The monoisotopic (exact) mass is 208 g/mol. The number of nitrogens with two attached hydrogens (primary N) is 2. The molecule has 1 aromatic rings. The van der Waals surface area contributed by atoms with E-state index in [1.807, 2.05) is 26.0 Å². The molecule has 0 radical (unpaired) electrons. The topological polar surface area (TPSA) is 61.3 Å². The summed E-state index contributed by atoms with van der Waals surface area (Å²) in [5, 5.41) is 0. The summed E-state index contributed by atoms with van der Waals surface area (Å²) in [6.45, 7) is 7.24. The average molecular weight is 208 g/mol. The van der Waals surface area contributed by atoms with Crippen molar-refractivity contribution in [3.05, 3.63) is 28.8 Å². The van der Waals surface area contributed by atoms with Crippen LogP contribution in [-0.2, 0) is 0 Å². The molecule has 0 aliphatic heterocycles. The van der Waals surface area contributed by atoms with Crippen molar-refractivity contribution in [3.63, 3.8) is 0 Å². The van der Waals surface area contributed by atoms with Gasteiger partial charge in [0, 0.05) is 12.6 Å². The molecule has 0 fully saturated rings. The Balaban J connectivity index is 3.09. The molecule has 3 nitrogen and oxygen atoms in total. The van der Waals surface area contributed by atoms with Crippen molar-refractivity contribution < 1.29 is 4.74 Å². The van der Waals surface area contributed by atoms with Gasteiger partial charge in [0.05, 0.1) is 6.61 Å². The van der Waals surface area contributed by atoms with Crippen LogP contribution in [0.4, 0.5) is 0 Å². The molecule has 1 unspecified atom stereocenters. The van der Waals surface area contributed by atoms with Crippen molar-refractivity contribution in [1.29, 1.82) is 0 Å². The van der Waals surface area contributed by atoms with Crippen LogP contribution in [0.3, 0.4) is 0 Å². The van der Waals surface area contributed by atoms with Gasteiger partial charge in [-0.05, 0) is 43.5 Å². The number of rotatable bonds is 4.